The fourth-order valence-electron chi connectivity index (χ4n) is 10.7. The summed E-state index contributed by atoms with van der Waals surface area (Å²) in [6, 6.07) is 15.5. The van der Waals surface area contributed by atoms with E-state index >= 15 is 0 Å². The van der Waals surface area contributed by atoms with Gasteiger partial charge in [-0.3, -0.25) is 14.4 Å². The van der Waals surface area contributed by atoms with E-state index in [1.54, 1.807) is 38.1 Å². The zero-order valence-corrected chi connectivity index (χ0v) is 41.2. The van der Waals surface area contributed by atoms with E-state index in [9.17, 15) is 34.5 Å². The van der Waals surface area contributed by atoms with Gasteiger partial charge in [0.15, 0.2) is 0 Å². The summed E-state index contributed by atoms with van der Waals surface area (Å²) >= 11 is 0. The van der Waals surface area contributed by atoms with Gasteiger partial charge in [0.1, 0.15) is 47.4 Å². The number of fused-ring (bicyclic) bond motifs is 3. The maximum atomic E-state index is 14.6. The molecule has 3 fully saturated rings. The molecule has 3 N–H and O–H groups in total. The van der Waals surface area contributed by atoms with Crippen molar-refractivity contribution in [2.75, 3.05) is 20.8 Å². The van der Waals surface area contributed by atoms with Gasteiger partial charge < -0.3 is 48.6 Å². The van der Waals surface area contributed by atoms with E-state index in [-0.39, 0.29) is 43.4 Å². The van der Waals surface area contributed by atoms with Crippen molar-refractivity contribution in [2.24, 2.45) is 29.6 Å². The first-order valence-electron chi connectivity index (χ1n) is 24.7. The largest absolute Gasteiger partial charge is 0.488 e. The summed E-state index contributed by atoms with van der Waals surface area (Å²) in [5.41, 5.74) is 1.61. The smallest absolute Gasteiger partial charge is 0.329 e. The first-order valence-corrected chi connectivity index (χ1v) is 24.7. The second-order valence-electron chi connectivity index (χ2n) is 19.9. The maximum Gasteiger partial charge on any atom is 0.329 e. The zero-order valence-electron chi connectivity index (χ0n) is 41.2. The minimum absolute atomic E-state index is 0.0169. The van der Waals surface area contributed by atoms with Crippen molar-refractivity contribution >= 4 is 23.4 Å². The molecule has 1 saturated carbocycles. The summed E-state index contributed by atoms with van der Waals surface area (Å²) in [5, 5.41) is 35.1. The molecule has 374 valence electrons. The standard InChI is InChI=1S/C54H75NO13/c1-9-38-26-32(2)25-33(3)27-47(63-7)50-48(64-8)29-35(5)54(62,68-50)51(59)52(60)55-24-14-13-17-42(55)53(61)67-49(36(6)44(57)31-45(38)58)34(4)28-37-18-23-43(56)46(30-37)66-41-21-19-40(20-22-41)65-39-15-11-10-12-16-39/h10-12,15-16,19-22,26,28,33,35-38,42-44,46-50,56-57,62H,9,13-14,17-18,23-25,27,29-31H2,1-8H3/b32-26+,34-28?. The number of rotatable bonds is 9. The van der Waals surface area contributed by atoms with Crippen LogP contribution in [0.25, 0.3) is 0 Å². The number of hydrogen-bond donors (Lipinski definition) is 3. The number of carbonyl (C=O) groups excluding carboxylic acids is 4. The fraction of sp³-hybridized carbons (Fsp3) is 0.630. The average Bonchev–Trinajstić information content (AvgIpc) is 3.33. The number of piperidine rings is 1. The van der Waals surface area contributed by atoms with E-state index in [1.807, 2.05) is 63.3 Å². The lowest BCUT2D eigenvalue weighted by molar-refractivity contribution is -0.302. The van der Waals surface area contributed by atoms with Crippen LogP contribution in [0.1, 0.15) is 112 Å². The molecular formula is C54H75NO13. The molecule has 6 rings (SSSR count). The summed E-state index contributed by atoms with van der Waals surface area (Å²) in [7, 11) is 3.06. The first kappa shape index (κ1) is 52.9. The minimum atomic E-state index is -2.53. The number of ketones is 2. The molecule has 2 aromatic rings. The van der Waals surface area contributed by atoms with Gasteiger partial charge in [-0.1, -0.05) is 63.6 Å². The van der Waals surface area contributed by atoms with Crippen LogP contribution in [0, 0.1) is 29.6 Å². The van der Waals surface area contributed by atoms with Crippen LogP contribution in [-0.4, -0.2) is 119 Å². The Morgan fingerprint density at radius 2 is 1.49 bits per heavy atom. The number of amides is 1. The quantitative estimate of drug-likeness (QED) is 0.126. The number of benzene rings is 2. The number of ether oxygens (including phenoxy) is 6. The molecule has 0 aromatic heterocycles. The van der Waals surface area contributed by atoms with Gasteiger partial charge >= 0.3 is 5.97 Å². The molecule has 3 heterocycles. The number of methoxy groups -OCH3 is 2. The van der Waals surface area contributed by atoms with Gasteiger partial charge in [0.2, 0.25) is 5.79 Å². The number of cyclic esters (lactones) is 1. The lowest BCUT2D eigenvalue weighted by Gasteiger charge is -2.47. The number of para-hydroxylation sites is 1. The normalized spacial score (nSPS) is 36.1. The highest BCUT2D eigenvalue weighted by Gasteiger charge is 2.56. The highest BCUT2D eigenvalue weighted by molar-refractivity contribution is 6.39. The highest BCUT2D eigenvalue weighted by atomic mass is 16.7. The second kappa shape index (κ2) is 23.9. The number of aliphatic hydroxyl groups is 3. The number of esters is 1. The predicted molar refractivity (Wildman–Crippen MR) is 255 cm³/mol. The molecule has 2 aromatic carbocycles. The van der Waals surface area contributed by atoms with Crippen LogP contribution in [0.5, 0.6) is 17.2 Å². The Morgan fingerprint density at radius 3 is 2.16 bits per heavy atom. The van der Waals surface area contributed by atoms with Crippen molar-refractivity contribution in [2.45, 2.75) is 167 Å². The van der Waals surface area contributed by atoms with Crippen molar-refractivity contribution in [3.05, 3.63) is 77.9 Å². The van der Waals surface area contributed by atoms with E-state index in [0.29, 0.717) is 74.2 Å². The summed E-state index contributed by atoms with van der Waals surface area (Å²) in [4.78, 5) is 58.5. The van der Waals surface area contributed by atoms with Crippen molar-refractivity contribution in [3.8, 4) is 17.2 Å². The number of carbonyl (C=O) groups is 4. The Morgan fingerprint density at radius 1 is 0.824 bits per heavy atom. The van der Waals surface area contributed by atoms with Crippen LogP contribution in [0.4, 0.5) is 0 Å². The number of Topliss-reactive ketones (excluding diaryl/α,β-unsaturated/α-hetero) is 2. The molecular weight excluding hydrogens is 871 g/mol. The van der Waals surface area contributed by atoms with Gasteiger partial charge in [-0.05, 0) is 132 Å². The van der Waals surface area contributed by atoms with E-state index in [0.717, 1.165) is 5.57 Å². The van der Waals surface area contributed by atoms with Gasteiger partial charge in [-0.25, -0.2) is 4.79 Å². The van der Waals surface area contributed by atoms with E-state index in [2.05, 4.69) is 6.92 Å². The Balaban J connectivity index is 1.29. The zero-order chi connectivity index (χ0) is 49.3. The summed E-state index contributed by atoms with van der Waals surface area (Å²) < 4.78 is 36.7. The van der Waals surface area contributed by atoms with Crippen LogP contribution in [0.15, 0.2) is 77.9 Å². The molecule has 1 aliphatic carbocycles. The monoisotopic (exact) mass is 946 g/mol. The number of allylic oxidation sites excluding steroid dienone is 3. The third-order valence-corrected chi connectivity index (χ3v) is 14.7. The van der Waals surface area contributed by atoms with Crippen LogP contribution >= 0.6 is 0 Å². The van der Waals surface area contributed by atoms with E-state index < -0.39 is 90.0 Å². The second-order valence-corrected chi connectivity index (χ2v) is 19.9. The Kier molecular flexibility index (Phi) is 18.6. The molecule has 14 atom stereocenters. The van der Waals surface area contributed by atoms with Crippen molar-refractivity contribution in [1.29, 1.82) is 0 Å². The molecule has 0 spiro atoms. The molecule has 0 radical (unpaired) electrons. The third kappa shape index (κ3) is 12.8. The topological polar surface area (TPSA) is 188 Å². The van der Waals surface area contributed by atoms with Gasteiger partial charge in [0, 0.05) is 44.9 Å². The van der Waals surface area contributed by atoms with E-state index in [1.165, 1.54) is 19.1 Å². The summed E-state index contributed by atoms with van der Waals surface area (Å²) in [6.45, 7) is 11.2. The lowest BCUT2D eigenvalue weighted by atomic mass is 9.81. The minimum Gasteiger partial charge on any atom is -0.488 e. The number of aliphatic hydroxyl groups excluding tert-OH is 2. The third-order valence-electron chi connectivity index (χ3n) is 14.7. The molecule has 2 bridgehead atoms. The fourth-order valence-corrected chi connectivity index (χ4v) is 10.7. The first-order chi connectivity index (χ1) is 32.5. The van der Waals surface area contributed by atoms with Crippen LogP contribution in [0.2, 0.25) is 0 Å². The predicted octanol–water partition coefficient (Wildman–Crippen LogP) is 7.70. The molecule has 14 nitrogen and oxygen atoms in total. The van der Waals surface area contributed by atoms with Crippen LogP contribution in [0.3, 0.4) is 0 Å². The van der Waals surface area contributed by atoms with Crippen LogP contribution in [-0.2, 0) is 38.1 Å². The molecule has 68 heavy (non-hydrogen) atoms. The molecule has 2 saturated heterocycles. The molecule has 3 aliphatic heterocycles. The van der Waals surface area contributed by atoms with E-state index in [4.69, 9.17) is 28.4 Å². The molecule has 14 unspecified atom stereocenters. The summed E-state index contributed by atoms with van der Waals surface area (Å²) in [5.74, 6) is -5.90. The molecule has 14 heteroatoms. The lowest BCUT2D eigenvalue weighted by Crippen LogP contribution is -2.64. The maximum absolute atomic E-state index is 14.6. The SMILES string of the molecule is CCC1/C=C(\C)CC(C)CC(OC)C2OC(O)(C(=O)C(=O)N3CCCCC3C(=O)OC(C(C)=CC3CCC(O)C(Oc4ccc(Oc5ccccc5)cc4)C3)C(C)C(O)CC1=O)C(C)CC2OC. The number of nitrogens with zero attached hydrogens (tertiary/aromatic N) is 1. The molecule has 4 aliphatic rings. The van der Waals surface area contributed by atoms with Gasteiger partial charge in [0.25, 0.3) is 11.7 Å². The highest BCUT2D eigenvalue weighted by Crippen LogP contribution is 2.40. The van der Waals surface area contributed by atoms with Gasteiger partial charge in [-0.15, -0.1) is 0 Å². The number of hydrogen-bond acceptors (Lipinski definition) is 13. The van der Waals surface area contributed by atoms with Gasteiger partial charge in [0.05, 0.1) is 24.4 Å². The van der Waals surface area contributed by atoms with Crippen molar-refractivity contribution in [1.82, 2.24) is 4.90 Å². The summed E-state index contributed by atoms with van der Waals surface area (Å²) in [6.07, 6.45) is 2.82. The molecule has 1 amide bonds. The van der Waals surface area contributed by atoms with Crippen molar-refractivity contribution < 1.29 is 62.9 Å². The Bertz CT molecular complexity index is 2070. The van der Waals surface area contributed by atoms with Gasteiger partial charge in [-0.2, -0.15) is 0 Å². The average molecular weight is 946 g/mol. The van der Waals surface area contributed by atoms with Crippen LogP contribution < -0.4 is 9.47 Å². The Hall–Kier alpha value is -4.44. The van der Waals surface area contributed by atoms with Crippen molar-refractivity contribution in [3.63, 3.8) is 0 Å². The Labute approximate surface area is 402 Å².